The van der Waals surface area contributed by atoms with Gasteiger partial charge in [-0.05, 0) is 25.2 Å². The molecule has 0 aliphatic carbocycles. The third kappa shape index (κ3) is 3.44. The number of hydrogen-bond donors (Lipinski definition) is 2. The lowest BCUT2D eigenvalue weighted by Gasteiger charge is -2.38. The monoisotopic (exact) mass is 294 g/mol. The molecule has 4 atom stereocenters. The summed E-state index contributed by atoms with van der Waals surface area (Å²) in [5.41, 5.74) is 0. The van der Waals surface area contributed by atoms with Crippen LogP contribution in [-0.2, 0) is 4.79 Å². The fourth-order valence-electron chi connectivity index (χ4n) is 2.90. The third-order valence-corrected chi connectivity index (χ3v) is 4.35. The molecule has 0 bridgehead atoms. The van der Waals surface area contributed by atoms with Crippen LogP contribution in [0.25, 0.3) is 0 Å². The van der Waals surface area contributed by atoms with Gasteiger partial charge in [0.2, 0.25) is 5.91 Å². The maximum absolute atomic E-state index is 12.6. The number of piperidine rings is 2. The van der Waals surface area contributed by atoms with Gasteiger partial charge in [0.05, 0.1) is 18.1 Å². The molecule has 4 nitrogen and oxygen atoms in total. The van der Waals surface area contributed by atoms with Crippen LogP contribution in [0.1, 0.15) is 26.2 Å². The number of carbonyl (C=O) groups is 1. The summed E-state index contributed by atoms with van der Waals surface area (Å²) in [6.07, 6.45) is -3.83. The summed E-state index contributed by atoms with van der Waals surface area (Å²) in [6.45, 7) is 2.64. The second kappa shape index (κ2) is 5.89. The molecule has 2 rings (SSSR count). The zero-order valence-corrected chi connectivity index (χ0v) is 11.5. The molecule has 0 aromatic carbocycles. The molecule has 2 aliphatic rings. The Labute approximate surface area is 116 Å². The van der Waals surface area contributed by atoms with Crippen LogP contribution in [0.2, 0.25) is 0 Å². The molecule has 0 aromatic heterocycles. The summed E-state index contributed by atoms with van der Waals surface area (Å²) in [5, 5.41) is 12.4. The molecule has 0 saturated carbocycles. The van der Waals surface area contributed by atoms with E-state index in [1.807, 2.05) is 6.92 Å². The molecule has 2 heterocycles. The standard InChI is InChI=1S/C13H21F3N2O2/c1-8-7-18(5-4-11(8)19)12(20)10-3-2-9(6-17-10)13(14,15)16/h8-11,17,19H,2-7H2,1H3. The van der Waals surface area contributed by atoms with E-state index in [1.165, 1.54) is 0 Å². The number of nitrogens with one attached hydrogen (secondary N) is 1. The van der Waals surface area contributed by atoms with Crippen molar-refractivity contribution in [2.45, 2.75) is 44.5 Å². The molecule has 116 valence electrons. The average Bonchev–Trinajstić information content (AvgIpc) is 2.40. The van der Waals surface area contributed by atoms with Crippen molar-refractivity contribution in [3.63, 3.8) is 0 Å². The predicted molar refractivity (Wildman–Crippen MR) is 66.9 cm³/mol. The van der Waals surface area contributed by atoms with Gasteiger partial charge in [-0.25, -0.2) is 0 Å². The average molecular weight is 294 g/mol. The Kier molecular flexibility index (Phi) is 4.59. The lowest BCUT2D eigenvalue weighted by molar-refractivity contribution is -0.181. The number of aliphatic hydroxyl groups is 1. The van der Waals surface area contributed by atoms with E-state index in [9.17, 15) is 23.1 Å². The molecule has 0 spiro atoms. The Morgan fingerprint density at radius 1 is 1.30 bits per heavy atom. The smallest absolute Gasteiger partial charge is 0.393 e. The molecule has 7 heteroatoms. The van der Waals surface area contributed by atoms with E-state index in [4.69, 9.17) is 0 Å². The Bertz CT molecular complexity index is 354. The predicted octanol–water partition coefficient (Wildman–Crippen LogP) is 1.15. The first-order valence-electron chi connectivity index (χ1n) is 7.06. The molecule has 0 aromatic rings. The Morgan fingerprint density at radius 3 is 2.50 bits per heavy atom. The number of carbonyl (C=O) groups excluding carboxylic acids is 1. The minimum absolute atomic E-state index is 0.00107. The van der Waals surface area contributed by atoms with Crippen molar-refractivity contribution in [3.05, 3.63) is 0 Å². The largest absolute Gasteiger partial charge is 0.393 e. The van der Waals surface area contributed by atoms with Crippen LogP contribution in [0.4, 0.5) is 13.2 Å². The number of likely N-dealkylation sites (tertiary alicyclic amines) is 1. The minimum atomic E-state index is -4.19. The highest BCUT2D eigenvalue weighted by atomic mass is 19.4. The van der Waals surface area contributed by atoms with E-state index in [0.717, 1.165) is 0 Å². The lowest BCUT2D eigenvalue weighted by atomic mass is 9.92. The fraction of sp³-hybridized carbons (Fsp3) is 0.923. The van der Waals surface area contributed by atoms with Crippen molar-refractivity contribution in [1.82, 2.24) is 10.2 Å². The number of hydrogen-bond acceptors (Lipinski definition) is 3. The number of amides is 1. The first-order valence-corrected chi connectivity index (χ1v) is 7.06. The van der Waals surface area contributed by atoms with Gasteiger partial charge in [0.1, 0.15) is 0 Å². The summed E-state index contributed by atoms with van der Waals surface area (Å²) in [4.78, 5) is 13.9. The molecule has 2 aliphatic heterocycles. The molecule has 2 saturated heterocycles. The van der Waals surface area contributed by atoms with Crippen molar-refractivity contribution in [3.8, 4) is 0 Å². The Morgan fingerprint density at radius 2 is 2.00 bits per heavy atom. The highest BCUT2D eigenvalue weighted by molar-refractivity contribution is 5.82. The van der Waals surface area contributed by atoms with E-state index in [1.54, 1.807) is 4.90 Å². The first kappa shape index (κ1) is 15.6. The Hall–Kier alpha value is -0.820. The van der Waals surface area contributed by atoms with Crippen LogP contribution in [0.5, 0.6) is 0 Å². The number of alkyl halides is 3. The van der Waals surface area contributed by atoms with Crippen LogP contribution >= 0.6 is 0 Å². The van der Waals surface area contributed by atoms with Gasteiger partial charge < -0.3 is 15.3 Å². The van der Waals surface area contributed by atoms with Crippen LogP contribution in [0, 0.1) is 11.8 Å². The number of aliphatic hydroxyl groups excluding tert-OH is 1. The van der Waals surface area contributed by atoms with Gasteiger partial charge >= 0.3 is 6.18 Å². The van der Waals surface area contributed by atoms with Crippen LogP contribution < -0.4 is 5.32 Å². The fourth-order valence-corrected chi connectivity index (χ4v) is 2.90. The normalized spacial score (nSPS) is 36.0. The zero-order valence-electron chi connectivity index (χ0n) is 11.5. The number of rotatable bonds is 1. The summed E-state index contributed by atoms with van der Waals surface area (Å²) in [6, 6.07) is -0.518. The molecular weight excluding hydrogens is 273 g/mol. The van der Waals surface area contributed by atoms with Gasteiger partial charge in [-0.15, -0.1) is 0 Å². The van der Waals surface area contributed by atoms with Gasteiger partial charge in [-0.1, -0.05) is 6.92 Å². The summed E-state index contributed by atoms with van der Waals surface area (Å²) in [5.74, 6) is -1.47. The van der Waals surface area contributed by atoms with Gasteiger partial charge in [0.25, 0.3) is 0 Å². The van der Waals surface area contributed by atoms with Crippen molar-refractivity contribution in [1.29, 1.82) is 0 Å². The summed E-state index contributed by atoms with van der Waals surface area (Å²) < 4.78 is 37.7. The van der Waals surface area contributed by atoms with Crippen LogP contribution in [0.3, 0.4) is 0 Å². The van der Waals surface area contributed by atoms with Gasteiger partial charge in [-0.3, -0.25) is 4.79 Å². The number of halogens is 3. The molecule has 2 N–H and O–H groups in total. The van der Waals surface area contributed by atoms with Crippen LogP contribution in [-0.4, -0.2) is 53.9 Å². The van der Waals surface area contributed by atoms with Crippen LogP contribution in [0.15, 0.2) is 0 Å². The van der Waals surface area contributed by atoms with Gasteiger partial charge in [0.15, 0.2) is 0 Å². The van der Waals surface area contributed by atoms with Crippen molar-refractivity contribution < 1.29 is 23.1 Å². The maximum Gasteiger partial charge on any atom is 0.393 e. The van der Waals surface area contributed by atoms with Crippen molar-refractivity contribution >= 4 is 5.91 Å². The van der Waals surface area contributed by atoms with E-state index in [2.05, 4.69) is 5.32 Å². The Balaban J connectivity index is 1.86. The second-order valence-electron chi connectivity index (χ2n) is 5.89. The quantitative estimate of drug-likeness (QED) is 0.763. The van der Waals surface area contributed by atoms with E-state index in [0.29, 0.717) is 19.5 Å². The van der Waals surface area contributed by atoms with E-state index >= 15 is 0 Å². The van der Waals surface area contributed by atoms with E-state index < -0.39 is 24.2 Å². The molecule has 0 radical (unpaired) electrons. The minimum Gasteiger partial charge on any atom is -0.393 e. The van der Waals surface area contributed by atoms with E-state index in [-0.39, 0.29) is 31.2 Å². The molecule has 2 fully saturated rings. The molecule has 20 heavy (non-hydrogen) atoms. The van der Waals surface area contributed by atoms with Crippen molar-refractivity contribution in [2.24, 2.45) is 11.8 Å². The first-order chi connectivity index (χ1) is 9.29. The lowest BCUT2D eigenvalue weighted by Crippen LogP contribution is -2.55. The van der Waals surface area contributed by atoms with Crippen molar-refractivity contribution in [2.75, 3.05) is 19.6 Å². The molecule has 4 unspecified atom stereocenters. The van der Waals surface area contributed by atoms with Gasteiger partial charge in [0, 0.05) is 19.6 Å². The highest BCUT2D eigenvalue weighted by Gasteiger charge is 2.43. The number of nitrogens with zero attached hydrogens (tertiary/aromatic N) is 1. The molecular formula is C13H21F3N2O2. The molecule has 1 amide bonds. The summed E-state index contributed by atoms with van der Waals surface area (Å²) >= 11 is 0. The topological polar surface area (TPSA) is 52.6 Å². The van der Waals surface area contributed by atoms with Gasteiger partial charge in [-0.2, -0.15) is 13.2 Å². The SMILES string of the molecule is CC1CN(C(=O)C2CCC(C(F)(F)F)CN2)CCC1O. The summed E-state index contributed by atoms with van der Waals surface area (Å²) in [7, 11) is 0. The third-order valence-electron chi connectivity index (χ3n) is 4.35. The maximum atomic E-state index is 12.6. The highest BCUT2D eigenvalue weighted by Crippen LogP contribution is 2.32. The zero-order chi connectivity index (χ0) is 14.9. The second-order valence-corrected chi connectivity index (χ2v) is 5.89.